The molecule has 1 aromatic carbocycles. The van der Waals surface area contributed by atoms with Gasteiger partial charge in [-0.1, -0.05) is 38.1 Å². The van der Waals surface area contributed by atoms with E-state index in [0.29, 0.717) is 5.56 Å². The van der Waals surface area contributed by atoms with E-state index in [1.165, 1.54) is 7.05 Å². The first-order valence-corrected chi connectivity index (χ1v) is 7.92. The van der Waals surface area contributed by atoms with Gasteiger partial charge in [0.1, 0.15) is 17.5 Å². The van der Waals surface area contributed by atoms with Crippen LogP contribution in [-0.4, -0.2) is 30.2 Å². The van der Waals surface area contributed by atoms with Crippen molar-refractivity contribution in [1.29, 1.82) is 0 Å². The van der Waals surface area contributed by atoms with E-state index in [2.05, 4.69) is 5.32 Å². The van der Waals surface area contributed by atoms with Gasteiger partial charge in [-0.3, -0.25) is 19.2 Å². The Labute approximate surface area is 140 Å². The van der Waals surface area contributed by atoms with Crippen LogP contribution in [0.4, 0.5) is 0 Å². The molecule has 5 nitrogen and oxygen atoms in total. The molecule has 1 fully saturated rings. The molecular weight excluding hydrogens is 306 g/mol. The van der Waals surface area contributed by atoms with Gasteiger partial charge in [-0.2, -0.15) is 0 Å². The summed E-state index contributed by atoms with van der Waals surface area (Å²) in [6, 6.07) is 6.49. The van der Waals surface area contributed by atoms with Crippen LogP contribution in [0.3, 0.4) is 0 Å². The van der Waals surface area contributed by atoms with E-state index < -0.39 is 17.1 Å². The Hall–Kier alpha value is -2.56. The van der Waals surface area contributed by atoms with Gasteiger partial charge in [0.05, 0.1) is 5.70 Å². The van der Waals surface area contributed by atoms with Crippen molar-refractivity contribution in [2.45, 2.75) is 26.7 Å². The van der Waals surface area contributed by atoms with Crippen LogP contribution in [-0.2, 0) is 9.59 Å². The number of rotatable bonds is 2. The second-order valence-corrected chi connectivity index (χ2v) is 7.13. The van der Waals surface area contributed by atoms with E-state index in [0.717, 1.165) is 0 Å². The van der Waals surface area contributed by atoms with Gasteiger partial charge in [-0.25, -0.2) is 0 Å². The number of ketones is 4. The molecule has 0 unspecified atom stereocenters. The third-order valence-corrected chi connectivity index (χ3v) is 4.65. The zero-order valence-corrected chi connectivity index (χ0v) is 13.9. The molecule has 1 saturated carbocycles. The lowest BCUT2D eigenvalue weighted by Gasteiger charge is -2.34. The maximum atomic E-state index is 12.9. The number of allylic oxidation sites excluding steroid dienone is 2. The monoisotopic (exact) mass is 325 g/mol. The molecule has 24 heavy (non-hydrogen) atoms. The summed E-state index contributed by atoms with van der Waals surface area (Å²) in [6.07, 6.45) is 0.431. The number of carbonyl (C=O) groups excluding carboxylic acids is 4. The number of hydrogen-bond donors (Lipinski definition) is 1. The summed E-state index contributed by atoms with van der Waals surface area (Å²) in [5, 5.41) is 2.74. The molecule has 0 spiro atoms. The predicted octanol–water partition coefficient (Wildman–Crippen LogP) is 2.11. The minimum absolute atomic E-state index is 0.00620. The van der Waals surface area contributed by atoms with Crippen LogP contribution in [0.5, 0.6) is 0 Å². The van der Waals surface area contributed by atoms with Gasteiger partial charge in [0.25, 0.3) is 0 Å². The third-order valence-electron chi connectivity index (χ3n) is 4.65. The van der Waals surface area contributed by atoms with Gasteiger partial charge >= 0.3 is 0 Å². The standard InChI is InChI=1S/C19H19NO4/c1-19(2)8-12(21)14(13(22)9-19)15-16(20-3)18(24)11-7-5-4-6-10(11)17(15)23/h4-7,14,20H,8-9H2,1-3H3. The van der Waals surface area contributed by atoms with Crippen LogP contribution in [0.2, 0.25) is 0 Å². The number of nitrogens with one attached hydrogen (secondary N) is 1. The fourth-order valence-electron chi connectivity index (χ4n) is 3.63. The van der Waals surface area contributed by atoms with Gasteiger partial charge in [0, 0.05) is 36.6 Å². The molecule has 0 saturated heterocycles. The van der Waals surface area contributed by atoms with Gasteiger partial charge in [0.15, 0.2) is 5.78 Å². The summed E-state index contributed by atoms with van der Waals surface area (Å²) < 4.78 is 0. The highest BCUT2D eigenvalue weighted by Gasteiger charge is 2.46. The highest BCUT2D eigenvalue weighted by atomic mass is 16.2. The topological polar surface area (TPSA) is 80.3 Å². The first-order chi connectivity index (χ1) is 11.3. The molecule has 124 valence electrons. The van der Waals surface area contributed by atoms with Gasteiger partial charge in [-0.05, 0) is 5.41 Å². The minimum atomic E-state index is -1.15. The Bertz CT molecular complexity index is 796. The zero-order chi connectivity index (χ0) is 17.6. The number of benzene rings is 1. The molecule has 0 heterocycles. The second-order valence-electron chi connectivity index (χ2n) is 7.13. The van der Waals surface area contributed by atoms with Gasteiger partial charge in [0.2, 0.25) is 5.78 Å². The Kier molecular flexibility index (Phi) is 3.74. The smallest absolute Gasteiger partial charge is 0.210 e. The highest BCUT2D eigenvalue weighted by Crippen LogP contribution is 2.39. The van der Waals surface area contributed by atoms with E-state index >= 15 is 0 Å². The summed E-state index contributed by atoms with van der Waals surface area (Å²) in [4.78, 5) is 50.8. The van der Waals surface area contributed by atoms with Crippen molar-refractivity contribution in [3.8, 4) is 0 Å². The van der Waals surface area contributed by atoms with Crippen molar-refractivity contribution in [3.63, 3.8) is 0 Å². The fraction of sp³-hybridized carbons (Fsp3) is 0.368. The number of Topliss-reactive ketones (excluding diaryl/α,β-unsaturated/α-hetero) is 4. The summed E-state index contributed by atoms with van der Waals surface area (Å²) >= 11 is 0. The number of fused-ring (bicyclic) bond motifs is 1. The molecule has 0 radical (unpaired) electrons. The van der Waals surface area contributed by atoms with Crippen LogP contribution >= 0.6 is 0 Å². The Balaban J connectivity index is 2.15. The van der Waals surface area contributed by atoms with Gasteiger partial charge in [-0.15, -0.1) is 0 Å². The van der Waals surface area contributed by atoms with E-state index in [1.807, 2.05) is 13.8 Å². The Morgan fingerprint density at radius 3 is 1.92 bits per heavy atom. The number of hydrogen-bond acceptors (Lipinski definition) is 5. The summed E-state index contributed by atoms with van der Waals surface area (Å²) in [5.74, 6) is -2.50. The average molecular weight is 325 g/mol. The number of likely N-dealkylation sites (N-methyl/N-ethyl adjacent to an activating group) is 1. The molecule has 2 aliphatic carbocycles. The van der Waals surface area contributed by atoms with Crippen molar-refractivity contribution >= 4 is 23.1 Å². The third kappa shape index (κ3) is 2.40. The molecule has 3 rings (SSSR count). The van der Waals surface area contributed by atoms with Crippen LogP contribution in [0.1, 0.15) is 47.4 Å². The lowest BCUT2D eigenvalue weighted by atomic mass is 9.67. The SMILES string of the molecule is CNC1=C(C2C(=O)CC(C)(C)CC2=O)C(=O)c2ccccc2C1=O. The van der Waals surface area contributed by atoms with Crippen molar-refractivity contribution < 1.29 is 19.2 Å². The van der Waals surface area contributed by atoms with Crippen molar-refractivity contribution in [3.05, 3.63) is 46.7 Å². The van der Waals surface area contributed by atoms with Crippen LogP contribution in [0, 0.1) is 11.3 Å². The molecule has 1 N–H and O–H groups in total. The molecule has 2 aliphatic rings. The predicted molar refractivity (Wildman–Crippen MR) is 87.7 cm³/mol. The van der Waals surface area contributed by atoms with Crippen LogP contribution in [0.15, 0.2) is 35.5 Å². The van der Waals surface area contributed by atoms with E-state index in [1.54, 1.807) is 24.3 Å². The lowest BCUT2D eigenvalue weighted by Crippen LogP contribution is -2.43. The first kappa shape index (κ1) is 16.3. The maximum absolute atomic E-state index is 12.9. The van der Waals surface area contributed by atoms with E-state index in [9.17, 15) is 19.2 Å². The van der Waals surface area contributed by atoms with Crippen molar-refractivity contribution in [2.24, 2.45) is 11.3 Å². The molecular formula is C19H19NO4. The van der Waals surface area contributed by atoms with E-state index in [-0.39, 0.29) is 47.0 Å². The minimum Gasteiger partial charge on any atom is -0.385 e. The van der Waals surface area contributed by atoms with Crippen molar-refractivity contribution in [1.82, 2.24) is 5.32 Å². The Morgan fingerprint density at radius 2 is 1.42 bits per heavy atom. The zero-order valence-electron chi connectivity index (χ0n) is 13.9. The fourth-order valence-corrected chi connectivity index (χ4v) is 3.63. The maximum Gasteiger partial charge on any atom is 0.210 e. The molecule has 0 aliphatic heterocycles. The highest BCUT2D eigenvalue weighted by molar-refractivity contribution is 6.30. The molecule has 5 heteroatoms. The lowest BCUT2D eigenvalue weighted by molar-refractivity contribution is -0.137. The average Bonchev–Trinajstić information content (AvgIpc) is 2.50. The first-order valence-electron chi connectivity index (χ1n) is 7.92. The van der Waals surface area contributed by atoms with Crippen LogP contribution in [0.25, 0.3) is 0 Å². The quantitative estimate of drug-likeness (QED) is 0.842. The van der Waals surface area contributed by atoms with Crippen molar-refractivity contribution in [2.75, 3.05) is 7.05 Å². The van der Waals surface area contributed by atoms with Crippen LogP contribution < -0.4 is 5.32 Å². The molecule has 1 aromatic rings. The normalized spacial score (nSPS) is 21.1. The molecule has 0 atom stereocenters. The second kappa shape index (κ2) is 5.51. The summed E-state index contributed by atoms with van der Waals surface area (Å²) in [7, 11) is 1.52. The van der Waals surface area contributed by atoms with E-state index in [4.69, 9.17) is 0 Å². The summed E-state index contributed by atoms with van der Waals surface area (Å²) in [6.45, 7) is 3.71. The van der Waals surface area contributed by atoms with Gasteiger partial charge < -0.3 is 5.32 Å². The molecule has 0 bridgehead atoms. The Morgan fingerprint density at radius 1 is 0.917 bits per heavy atom. The largest absolute Gasteiger partial charge is 0.385 e. The summed E-state index contributed by atoms with van der Waals surface area (Å²) in [5.41, 5.74) is 0.204. The molecule has 0 aromatic heterocycles. The number of carbonyl (C=O) groups is 4. The molecule has 0 amide bonds.